The first-order valence-corrected chi connectivity index (χ1v) is 6.61. The Labute approximate surface area is 116 Å². The topological polar surface area (TPSA) is 33.3 Å². The molecule has 0 heterocycles. The van der Waals surface area contributed by atoms with Crippen LogP contribution in [0.5, 0.6) is 5.75 Å². The number of hydrogen-bond donors (Lipinski definition) is 2. The van der Waals surface area contributed by atoms with E-state index < -0.39 is 0 Å². The van der Waals surface area contributed by atoms with E-state index in [-0.39, 0.29) is 0 Å². The van der Waals surface area contributed by atoms with Crippen molar-refractivity contribution in [1.29, 1.82) is 0 Å². The fourth-order valence-corrected chi connectivity index (χ4v) is 1.96. The zero-order chi connectivity index (χ0) is 12.8. The summed E-state index contributed by atoms with van der Waals surface area (Å²) in [7, 11) is 1.64. The van der Waals surface area contributed by atoms with Crippen LogP contribution in [0, 0.1) is 5.92 Å². The van der Waals surface area contributed by atoms with Crippen molar-refractivity contribution in [3.8, 4) is 5.75 Å². The van der Waals surface area contributed by atoms with Gasteiger partial charge in [-0.15, -0.1) is 0 Å². The average molecular weight is 317 g/mol. The molecule has 0 fully saturated rings. The Morgan fingerprint density at radius 2 is 2.18 bits per heavy atom. The maximum absolute atomic E-state index is 5.19. The molecule has 0 bridgehead atoms. The molecule has 0 atom stereocenters. The van der Waals surface area contributed by atoms with Crippen LogP contribution in [0.4, 0.5) is 5.69 Å². The molecule has 0 aliphatic heterocycles. The highest BCUT2D eigenvalue weighted by Crippen LogP contribution is 2.27. The highest BCUT2D eigenvalue weighted by molar-refractivity contribution is 9.10. The minimum Gasteiger partial charge on any atom is -0.496 e. The number of benzene rings is 1. The quantitative estimate of drug-likeness (QED) is 0.834. The largest absolute Gasteiger partial charge is 0.496 e. The van der Waals surface area contributed by atoms with Crippen LogP contribution in [0.2, 0.25) is 0 Å². The Morgan fingerprint density at radius 3 is 2.71 bits per heavy atom. The molecule has 0 saturated heterocycles. The van der Waals surface area contributed by atoms with E-state index in [0.29, 0.717) is 11.0 Å². The third-order valence-electron chi connectivity index (χ3n) is 2.08. The van der Waals surface area contributed by atoms with Gasteiger partial charge in [0, 0.05) is 12.2 Å². The highest BCUT2D eigenvalue weighted by atomic mass is 79.9. The predicted molar refractivity (Wildman–Crippen MR) is 79.8 cm³/mol. The number of anilines is 1. The Balaban J connectivity index is 2.57. The second-order valence-corrected chi connectivity index (χ2v) is 5.34. The van der Waals surface area contributed by atoms with Crippen LogP contribution in [0.3, 0.4) is 0 Å². The first kappa shape index (κ1) is 14.3. The molecular formula is C12H17BrN2OS. The van der Waals surface area contributed by atoms with E-state index in [4.69, 9.17) is 17.0 Å². The van der Waals surface area contributed by atoms with Crippen LogP contribution < -0.4 is 15.4 Å². The summed E-state index contributed by atoms with van der Waals surface area (Å²) < 4.78 is 6.06. The number of nitrogens with one attached hydrogen (secondary N) is 2. The van der Waals surface area contributed by atoms with Gasteiger partial charge in [0.05, 0.1) is 11.6 Å². The lowest BCUT2D eigenvalue weighted by molar-refractivity contribution is 0.412. The summed E-state index contributed by atoms with van der Waals surface area (Å²) in [6, 6.07) is 5.74. The van der Waals surface area contributed by atoms with Crippen LogP contribution in [0.1, 0.15) is 13.8 Å². The van der Waals surface area contributed by atoms with Crippen molar-refractivity contribution in [3.05, 3.63) is 22.7 Å². The Hall–Kier alpha value is -0.810. The van der Waals surface area contributed by atoms with E-state index in [1.54, 1.807) is 7.11 Å². The van der Waals surface area contributed by atoms with Gasteiger partial charge in [-0.2, -0.15) is 0 Å². The maximum Gasteiger partial charge on any atom is 0.170 e. The van der Waals surface area contributed by atoms with Gasteiger partial charge < -0.3 is 15.4 Å². The lowest BCUT2D eigenvalue weighted by Gasteiger charge is -2.13. The second-order valence-electron chi connectivity index (χ2n) is 4.08. The summed E-state index contributed by atoms with van der Waals surface area (Å²) in [6.45, 7) is 5.14. The van der Waals surface area contributed by atoms with Crippen LogP contribution >= 0.6 is 28.1 Å². The van der Waals surface area contributed by atoms with E-state index in [1.807, 2.05) is 18.2 Å². The molecule has 0 amide bonds. The molecule has 0 radical (unpaired) electrons. The van der Waals surface area contributed by atoms with Crippen molar-refractivity contribution in [2.45, 2.75) is 13.8 Å². The molecule has 1 aromatic rings. The smallest absolute Gasteiger partial charge is 0.170 e. The Kier molecular flexibility index (Phi) is 5.71. The zero-order valence-electron chi connectivity index (χ0n) is 10.2. The summed E-state index contributed by atoms with van der Waals surface area (Å²) in [6.07, 6.45) is 0. The van der Waals surface area contributed by atoms with Crippen LogP contribution in [0.25, 0.3) is 0 Å². The molecular weight excluding hydrogens is 300 g/mol. The molecule has 0 saturated carbocycles. The number of ether oxygens (including phenoxy) is 1. The molecule has 1 aromatic carbocycles. The van der Waals surface area contributed by atoms with Crippen molar-refractivity contribution < 1.29 is 4.74 Å². The minimum atomic E-state index is 0.567. The Morgan fingerprint density at radius 1 is 1.47 bits per heavy atom. The summed E-state index contributed by atoms with van der Waals surface area (Å²) in [4.78, 5) is 0. The van der Waals surface area contributed by atoms with E-state index >= 15 is 0 Å². The number of thiocarbonyl (C=S) groups is 1. The van der Waals surface area contributed by atoms with Gasteiger partial charge in [0.25, 0.3) is 0 Å². The van der Waals surface area contributed by atoms with Gasteiger partial charge in [-0.05, 0) is 52.3 Å². The molecule has 1 rings (SSSR count). The molecule has 0 unspecified atom stereocenters. The maximum atomic E-state index is 5.19. The molecule has 94 valence electrons. The monoisotopic (exact) mass is 316 g/mol. The molecule has 0 aromatic heterocycles. The van der Waals surface area contributed by atoms with Crippen LogP contribution in [-0.2, 0) is 0 Å². The van der Waals surface area contributed by atoms with Gasteiger partial charge in [0.2, 0.25) is 0 Å². The first-order valence-electron chi connectivity index (χ1n) is 5.41. The lowest BCUT2D eigenvalue weighted by atomic mass is 10.2. The normalized spacial score (nSPS) is 10.2. The lowest BCUT2D eigenvalue weighted by Crippen LogP contribution is -2.31. The highest BCUT2D eigenvalue weighted by Gasteiger charge is 2.03. The van der Waals surface area contributed by atoms with E-state index in [0.717, 1.165) is 22.5 Å². The SMILES string of the molecule is COc1ccc(NC(=S)NCC(C)C)cc1Br. The van der Waals surface area contributed by atoms with Crippen molar-refractivity contribution in [2.24, 2.45) is 5.92 Å². The summed E-state index contributed by atoms with van der Waals surface area (Å²) in [5.74, 6) is 1.37. The van der Waals surface area contributed by atoms with Crippen molar-refractivity contribution in [3.63, 3.8) is 0 Å². The molecule has 5 heteroatoms. The molecule has 17 heavy (non-hydrogen) atoms. The van der Waals surface area contributed by atoms with Crippen molar-refractivity contribution >= 4 is 38.9 Å². The predicted octanol–water partition coefficient (Wildman–Crippen LogP) is 3.40. The van der Waals surface area contributed by atoms with Gasteiger partial charge in [-0.1, -0.05) is 13.8 Å². The summed E-state index contributed by atoms with van der Waals surface area (Å²) in [5.41, 5.74) is 0.930. The van der Waals surface area contributed by atoms with E-state index in [2.05, 4.69) is 40.4 Å². The van der Waals surface area contributed by atoms with Crippen molar-refractivity contribution in [1.82, 2.24) is 5.32 Å². The third-order valence-corrected chi connectivity index (χ3v) is 2.95. The summed E-state index contributed by atoms with van der Waals surface area (Å²) in [5, 5.41) is 6.91. The third kappa shape index (κ3) is 4.91. The molecule has 0 spiro atoms. The van der Waals surface area contributed by atoms with Crippen molar-refractivity contribution in [2.75, 3.05) is 19.0 Å². The summed E-state index contributed by atoms with van der Waals surface area (Å²) >= 11 is 8.62. The number of methoxy groups -OCH3 is 1. The molecule has 0 aliphatic rings. The second kappa shape index (κ2) is 6.81. The fraction of sp³-hybridized carbons (Fsp3) is 0.417. The molecule has 0 aliphatic carbocycles. The van der Waals surface area contributed by atoms with Gasteiger partial charge >= 0.3 is 0 Å². The van der Waals surface area contributed by atoms with E-state index in [9.17, 15) is 0 Å². The van der Waals surface area contributed by atoms with Crippen LogP contribution in [0.15, 0.2) is 22.7 Å². The average Bonchev–Trinajstić information content (AvgIpc) is 2.26. The van der Waals surface area contributed by atoms with E-state index in [1.165, 1.54) is 0 Å². The number of halogens is 1. The van der Waals surface area contributed by atoms with Gasteiger partial charge in [0.1, 0.15) is 5.75 Å². The van der Waals surface area contributed by atoms with Gasteiger partial charge in [-0.25, -0.2) is 0 Å². The van der Waals surface area contributed by atoms with Gasteiger partial charge in [0.15, 0.2) is 5.11 Å². The Bertz CT molecular complexity index is 396. The molecule has 3 nitrogen and oxygen atoms in total. The minimum absolute atomic E-state index is 0.567. The first-order chi connectivity index (χ1) is 8.02. The van der Waals surface area contributed by atoms with Gasteiger partial charge in [-0.3, -0.25) is 0 Å². The number of hydrogen-bond acceptors (Lipinski definition) is 2. The van der Waals surface area contributed by atoms with Crippen LogP contribution in [-0.4, -0.2) is 18.8 Å². The zero-order valence-corrected chi connectivity index (χ0v) is 12.6. The standard InChI is InChI=1S/C12H17BrN2OS/c1-8(2)7-14-12(17)15-9-4-5-11(16-3)10(13)6-9/h4-6,8H,7H2,1-3H3,(H2,14,15,17). The molecule has 2 N–H and O–H groups in total. The number of rotatable bonds is 4. The fourth-order valence-electron chi connectivity index (χ4n) is 1.22.